The van der Waals surface area contributed by atoms with Crippen LogP contribution in [0.15, 0.2) is 42.5 Å². The van der Waals surface area contributed by atoms with E-state index in [1.165, 1.54) is 17.7 Å². The van der Waals surface area contributed by atoms with E-state index in [9.17, 15) is 4.79 Å². The lowest BCUT2D eigenvalue weighted by Gasteiger charge is -2.38. The van der Waals surface area contributed by atoms with Crippen LogP contribution in [0.4, 0.5) is 11.5 Å². The summed E-state index contributed by atoms with van der Waals surface area (Å²) in [7, 11) is 0. The zero-order valence-corrected chi connectivity index (χ0v) is 17.9. The van der Waals surface area contributed by atoms with Gasteiger partial charge in [0.2, 0.25) is 0 Å². The smallest absolute Gasteiger partial charge is 0.272 e. The van der Waals surface area contributed by atoms with Crippen molar-refractivity contribution in [3.8, 4) is 0 Å². The molecule has 29 heavy (non-hydrogen) atoms. The van der Waals surface area contributed by atoms with Crippen molar-refractivity contribution in [1.29, 1.82) is 0 Å². The van der Waals surface area contributed by atoms with Crippen LogP contribution in [-0.4, -0.2) is 55.1 Å². The van der Waals surface area contributed by atoms with Gasteiger partial charge in [-0.2, -0.15) is 0 Å². The highest BCUT2D eigenvalue weighted by molar-refractivity contribution is 5.92. The SMILES string of the molecule is Cc1ccc(N2CCN(c3cccc(C(=O)N4CCCC(C)(C)C4)n3)CC2)cc1. The summed E-state index contributed by atoms with van der Waals surface area (Å²) in [5, 5.41) is 0. The van der Waals surface area contributed by atoms with Gasteiger partial charge in [-0.25, -0.2) is 4.98 Å². The number of rotatable bonds is 3. The Morgan fingerprint density at radius 2 is 1.62 bits per heavy atom. The number of hydrogen-bond acceptors (Lipinski definition) is 4. The van der Waals surface area contributed by atoms with Crippen molar-refractivity contribution in [1.82, 2.24) is 9.88 Å². The van der Waals surface area contributed by atoms with Crippen LogP contribution >= 0.6 is 0 Å². The molecule has 1 aromatic carbocycles. The minimum absolute atomic E-state index is 0.0675. The summed E-state index contributed by atoms with van der Waals surface area (Å²) < 4.78 is 0. The molecular formula is C24H32N4O. The summed E-state index contributed by atoms with van der Waals surface area (Å²) in [6, 6.07) is 14.6. The highest BCUT2D eigenvalue weighted by Gasteiger charge is 2.30. The van der Waals surface area contributed by atoms with Gasteiger partial charge < -0.3 is 14.7 Å². The molecule has 0 aliphatic carbocycles. The van der Waals surface area contributed by atoms with Gasteiger partial charge in [0, 0.05) is 45.0 Å². The number of anilines is 2. The molecule has 0 atom stereocenters. The highest BCUT2D eigenvalue weighted by atomic mass is 16.2. The van der Waals surface area contributed by atoms with Crippen molar-refractivity contribution in [2.24, 2.45) is 5.41 Å². The second-order valence-electron chi connectivity index (χ2n) is 9.19. The number of piperazine rings is 1. The zero-order valence-electron chi connectivity index (χ0n) is 17.9. The summed E-state index contributed by atoms with van der Waals surface area (Å²) >= 11 is 0. The Hall–Kier alpha value is -2.56. The molecular weight excluding hydrogens is 360 g/mol. The second-order valence-corrected chi connectivity index (χ2v) is 9.19. The van der Waals surface area contributed by atoms with Gasteiger partial charge in [-0.3, -0.25) is 4.79 Å². The monoisotopic (exact) mass is 392 g/mol. The van der Waals surface area contributed by atoms with Crippen LogP contribution in [-0.2, 0) is 0 Å². The summed E-state index contributed by atoms with van der Waals surface area (Å²) in [6.07, 6.45) is 2.24. The van der Waals surface area contributed by atoms with E-state index >= 15 is 0 Å². The number of likely N-dealkylation sites (tertiary alicyclic amines) is 1. The van der Waals surface area contributed by atoms with Crippen LogP contribution in [0.5, 0.6) is 0 Å². The van der Waals surface area contributed by atoms with E-state index in [-0.39, 0.29) is 11.3 Å². The molecule has 0 N–H and O–H groups in total. The Bertz CT molecular complexity index is 853. The van der Waals surface area contributed by atoms with Gasteiger partial charge in [0.15, 0.2) is 0 Å². The number of amides is 1. The van der Waals surface area contributed by atoms with Gasteiger partial charge in [0.1, 0.15) is 11.5 Å². The molecule has 0 bridgehead atoms. The molecule has 4 rings (SSSR count). The van der Waals surface area contributed by atoms with E-state index < -0.39 is 0 Å². The fourth-order valence-electron chi connectivity index (χ4n) is 4.43. The van der Waals surface area contributed by atoms with Gasteiger partial charge >= 0.3 is 0 Å². The maximum absolute atomic E-state index is 13.0. The Balaban J connectivity index is 1.41. The summed E-state index contributed by atoms with van der Waals surface area (Å²) in [6.45, 7) is 12.0. The van der Waals surface area contributed by atoms with Crippen LogP contribution in [0.2, 0.25) is 0 Å². The maximum atomic E-state index is 13.0. The van der Waals surface area contributed by atoms with E-state index in [1.807, 2.05) is 23.1 Å². The molecule has 1 aromatic heterocycles. The van der Waals surface area contributed by atoms with Crippen molar-refractivity contribution < 1.29 is 4.79 Å². The van der Waals surface area contributed by atoms with Crippen LogP contribution in [0.1, 0.15) is 42.7 Å². The molecule has 1 amide bonds. The topological polar surface area (TPSA) is 39.7 Å². The molecule has 0 radical (unpaired) electrons. The Labute approximate surface area is 174 Å². The first-order valence-electron chi connectivity index (χ1n) is 10.7. The number of piperidine rings is 1. The number of nitrogens with zero attached hydrogens (tertiary/aromatic N) is 4. The molecule has 5 nitrogen and oxygen atoms in total. The summed E-state index contributed by atoms with van der Waals surface area (Å²) in [5.74, 6) is 0.980. The molecule has 2 aliphatic rings. The van der Waals surface area contributed by atoms with E-state index in [4.69, 9.17) is 4.98 Å². The van der Waals surface area contributed by atoms with Crippen LogP contribution < -0.4 is 9.80 Å². The lowest BCUT2D eigenvalue weighted by atomic mass is 9.84. The summed E-state index contributed by atoms with van der Waals surface area (Å²) in [4.78, 5) is 24.5. The largest absolute Gasteiger partial charge is 0.368 e. The third-order valence-corrected chi connectivity index (χ3v) is 6.14. The number of aromatic nitrogens is 1. The molecule has 154 valence electrons. The van der Waals surface area contributed by atoms with Crippen molar-refractivity contribution in [2.45, 2.75) is 33.6 Å². The first-order valence-corrected chi connectivity index (χ1v) is 10.7. The third kappa shape index (κ3) is 4.55. The molecule has 2 saturated heterocycles. The standard InChI is InChI=1S/C24H32N4O/c1-19-8-10-20(11-9-19)26-14-16-27(17-15-26)22-7-4-6-21(25-22)23(29)28-13-5-12-24(2,3)18-28/h4,6-11H,5,12-18H2,1-3H3. The van der Waals surface area contributed by atoms with Gasteiger partial charge in [-0.15, -0.1) is 0 Å². The minimum atomic E-state index is 0.0675. The van der Waals surface area contributed by atoms with Crippen molar-refractivity contribution in [3.63, 3.8) is 0 Å². The number of carbonyl (C=O) groups is 1. The third-order valence-electron chi connectivity index (χ3n) is 6.14. The Kier molecular flexibility index (Phi) is 5.48. The summed E-state index contributed by atoms with van der Waals surface area (Å²) in [5.41, 5.74) is 3.33. The van der Waals surface area contributed by atoms with E-state index in [0.717, 1.165) is 51.5 Å². The number of pyridine rings is 1. The van der Waals surface area contributed by atoms with Crippen molar-refractivity contribution in [2.75, 3.05) is 49.1 Å². The quantitative estimate of drug-likeness (QED) is 0.792. The van der Waals surface area contributed by atoms with Gasteiger partial charge in [-0.05, 0) is 49.4 Å². The molecule has 0 spiro atoms. The first kappa shape index (κ1) is 19.7. The van der Waals surface area contributed by atoms with E-state index in [1.54, 1.807) is 0 Å². The van der Waals surface area contributed by atoms with Crippen LogP contribution in [0.3, 0.4) is 0 Å². The Morgan fingerprint density at radius 1 is 0.931 bits per heavy atom. The second kappa shape index (κ2) is 8.05. The zero-order chi connectivity index (χ0) is 20.4. The van der Waals surface area contributed by atoms with E-state index in [0.29, 0.717) is 5.69 Å². The minimum Gasteiger partial charge on any atom is -0.368 e. The molecule has 0 saturated carbocycles. The van der Waals surface area contributed by atoms with Crippen molar-refractivity contribution in [3.05, 3.63) is 53.7 Å². The molecule has 3 heterocycles. The van der Waals surface area contributed by atoms with Gasteiger partial charge in [0.25, 0.3) is 5.91 Å². The molecule has 2 aliphatic heterocycles. The number of hydrogen-bond donors (Lipinski definition) is 0. The Morgan fingerprint density at radius 3 is 2.31 bits per heavy atom. The number of carbonyl (C=O) groups excluding carboxylic acids is 1. The van der Waals surface area contributed by atoms with Crippen LogP contribution in [0, 0.1) is 12.3 Å². The fraction of sp³-hybridized carbons (Fsp3) is 0.500. The first-order chi connectivity index (χ1) is 13.9. The van der Waals surface area contributed by atoms with Crippen LogP contribution in [0.25, 0.3) is 0 Å². The van der Waals surface area contributed by atoms with Crippen molar-refractivity contribution >= 4 is 17.4 Å². The average Bonchev–Trinajstić information content (AvgIpc) is 2.73. The molecule has 5 heteroatoms. The fourth-order valence-corrected chi connectivity index (χ4v) is 4.43. The van der Waals surface area contributed by atoms with E-state index in [2.05, 4.69) is 54.8 Å². The highest BCUT2D eigenvalue weighted by Crippen LogP contribution is 2.29. The van der Waals surface area contributed by atoms with Gasteiger partial charge in [0.05, 0.1) is 0 Å². The molecule has 0 unspecified atom stereocenters. The maximum Gasteiger partial charge on any atom is 0.272 e. The lowest BCUT2D eigenvalue weighted by Crippen LogP contribution is -2.47. The number of benzene rings is 1. The lowest BCUT2D eigenvalue weighted by molar-refractivity contribution is 0.0577. The average molecular weight is 393 g/mol. The molecule has 2 aromatic rings. The predicted molar refractivity (Wildman–Crippen MR) is 119 cm³/mol. The normalized spacial score (nSPS) is 19.3. The number of aryl methyl sites for hydroxylation is 1. The molecule has 2 fully saturated rings. The predicted octanol–water partition coefficient (Wildman–Crippen LogP) is 3.98. The van der Waals surface area contributed by atoms with Gasteiger partial charge in [-0.1, -0.05) is 37.6 Å².